The fourth-order valence-corrected chi connectivity index (χ4v) is 1.83. The number of amides is 1. The number of halogens is 4. The maximum absolute atomic E-state index is 13.3. The van der Waals surface area contributed by atoms with Crippen LogP contribution in [0.1, 0.15) is 15.9 Å². The van der Waals surface area contributed by atoms with Crippen molar-refractivity contribution in [3.8, 4) is 5.75 Å². The van der Waals surface area contributed by atoms with Gasteiger partial charge in [-0.25, -0.2) is 4.39 Å². The number of hydrogen-bond acceptors (Lipinski definition) is 2. The van der Waals surface area contributed by atoms with E-state index in [1.54, 1.807) is 6.07 Å². The van der Waals surface area contributed by atoms with Crippen molar-refractivity contribution in [2.75, 3.05) is 13.2 Å². The van der Waals surface area contributed by atoms with Crippen molar-refractivity contribution in [2.45, 2.75) is 6.18 Å². The molecule has 0 aliphatic rings. The summed E-state index contributed by atoms with van der Waals surface area (Å²) in [7, 11) is 0. The van der Waals surface area contributed by atoms with E-state index in [0.717, 1.165) is 18.2 Å². The molecular formula is C16H13F4NO2. The largest absolute Gasteiger partial charge is 0.489 e. The van der Waals surface area contributed by atoms with Gasteiger partial charge in [0.15, 0.2) is 11.6 Å². The molecule has 23 heavy (non-hydrogen) atoms. The number of benzene rings is 2. The number of carbonyl (C=O) groups is 1. The second kappa shape index (κ2) is 7.13. The summed E-state index contributed by atoms with van der Waals surface area (Å²) in [6.45, 7) is 0.0229. The van der Waals surface area contributed by atoms with Crippen molar-refractivity contribution in [1.82, 2.24) is 5.32 Å². The molecular weight excluding hydrogens is 314 g/mol. The van der Waals surface area contributed by atoms with E-state index in [1.165, 1.54) is 24.3 Å². The molecule has 0 radical (unpaired) electrons. The molecule has 2 aromatic rings. The van der Waals surface area contributed by atoms with Gasteiger partial charge >= 0.3 is 6.18 Å². The number of nitrogens with one attached hydrogen (secondary N) is 1. The Hall–Kier alpha value is -2.57. The highest BCUT2D eigenvalue weighted by molar-refractivity contribution is 5.94. The van der Waals surface area contributed by atoms with Gasteiger partial charge in [-0.3, -0.25) is 4.79 Å². The third-order valence-corrected chi connectivity index (χ3v) is 2.93. The average molecular weight is 327 g/mol. The molecule has 7 heteroatoms. The highest BCUT2D eigenvalue weighted by Crippen LogP contribution is 2.29. The molecule has 0 spiro atoms. The van der Waals surface area contributed by atoms with Crippen LogP contribution in [0, 0.1) is 5.82 Å². The van der Waals surface area contributed by atoms with E-state index in [0.29, 0.717) is 0 Å². The summed E-state index contributed by atoms with van der Waals surface area (Å²) in [5, 5.41) is 2.41. The quantitative estimate of drug-likeness (QED) is 0.672. The Labute approximate surface area is 129 Å². The molecule has 2 aromatic carbocycles. The first-order valence-corrected chi connectivity index (χ1v) is 6.71. The summed E-state index contributed by atoms with van der Waals surface area (Å²) in [6, 6.07) is 9.87. The van der Waals surface area contributed by atoms with Crippen LogP contribution in [0.5, 0.6) is 5.75 Å². The van der Waals surface area contributed by atoms with Gasteiger partial charge in [0.05, 0.1) is 12.1 Å². The van der Waals surface area contributed by atoms with E-state index in [2.05, 4.69) is 5.32 Å². The Kier molecular flexibility index (Phi) is 5.20. The third-order valence-electron chi connectivity index (χ3n) is 2.93. The molecule has 1 N–H and O–H groups in total. The molecule has 122 valence electrons. The summed E-state index contributed by atoms with van der Waals surface area (Å²) < 4.78 is 56.1. The van der Waals surface area contributed by atoms with E-state index >= 15 is 0 Å². The summed E-state index contributed by atoms with van der Waals surface area (Å²) in [6.07, 6.45) is -4.51. The standard InChI is InChI=1S/C16H13F4NO2/c17-13-6-1-2-7-14(13)23-9-8-21-15(22)11-4-3-5-12(10-11)16(18,19)20/h1-7,10H,8-9H2,(H,21,22). The maximum atomic E-state index is 13.3. The lowest BCUT2D eigenvalue weighted by atomic mass is 10.1. The van der Waals surface area contributed by atoms with Crippen molar-refractivity contribution in [3.63, 3.8) is 0 Å². The zero-order chi connectivity index (χ0) is 16.9. The van der Waals surface area contributed by atoms with Gasteiger partial charge in [-0.2, -0.15) is 13.2 Å². The van der Waals surface area contributed by atoms with Crippen molar-refractivity contribution < 1.29 is 27.1 Å². The Morgan fingerprint density at radius 3 is 2.52 bits per heavy atom. The Morgan fingerprint density at radius 1 is 1.09 bits per heavy atom. The van der Waals surface area contributed by atoms with Gasteiger partial charge in [0.1, 0.15) is 6.61 Å². The summed E-state index contributed by atoms with van der Waals surface area (Å²) in [5.41, 5.74) is -1.00. The molecule has 0 aromatic heterocycles. The SMILES string of the molecule is O=C(NCCOc1ccccc1F)c1cccc(C(F)(F)F)c1. The van der Waals surface area contributed by atoms with Crippen LogP contribution in [0.4, 0.5) is 17.6 Å². The van der Waals surface area contributed by atoms with Gasteiger partial charge in [0, 0.05) is 5.56 Å². The molecule has 0 fully saturated rings. The van der Waals surface area contributed by atoms with E-state index in [9.17, 15) is 22.4 Å². The van der Waals surface area contributed by atoms with Gasteiger partial charge in [0.2, 0.25) is 0 Å². The van der Waals surface area contributed by atoms with Crippen LogP contribution in [0.25, 0.3) is 0 Å². The minimum Gasteiger partial charge on any atom is -0.489 e. The molecule has 0 bridgehead atoms. The number of alkyl halides is 3. The van der Waals surface area contributed by atoms with Gasteiger partial charge in [-0.05, 0) is 30.3 Å². The number of hydrogen-bond donors (Lipinski definition) is 1. The molecule has 3 nitrogen and oxygen atoms in total. The van der Waals surface area contributed by atoms with E-state index in [4.69, 9.17) is 4.74 Å². The van der Waals surface area contributed by atoms with E-state index in [-0.39, 0.29) is 24.5 Å². The molecule has 0 heterocycles. The minimum atomic E-state index is -4.51. The van der Waals surface area contributed by atoms with Crippen molar-refractivity contribution in [1.29, 1.82) is 0 Å². The van der Waals surface area contributed by atoms with Crippen LogP contribution in [-0.2, 0) is 6.18 Å². The molecule has 0 aliphatic carbocycles. The minimum absolute atomic E-state index is 0.00830. The molecule has 0 saturated carbocycles. The lowest BCUT2D eigenvalue weighted by molar-refractivity contribution is -0.137. The lowest BCUT2D eigenvalue weighted by Gasteiger charge is -2.10. The van der Waals surface area contributed by atoms with Crippen LogP contribution < -0.4 is 10.1 Å². The number of rotatable bonds is 5. The van der Waals surface area contributed by atoms with Crippen LogP contribution in [0.3, 0.4) is 0 Å². The molecule has 0 saturated heterocycles. The Morgan fingerprint density at radius 2 is 1.83 bits per heavy atom. The monoisotopic (exact) mass is 327 g/mol. The van der Waals surface area contributed by atoms with Gasteiger partial charge in [-0.1, -0.05) is 18.2 Å². The second-order valence-corrected chi connectivity index (χ2v) is 4.61. The zero-order valence-corrected chi connectivity index (χ0v) is 11.9. The Balaban J connectivity index is 1.87. The molecule has 1 amide bonds. The fraction of sp³-hybridized carbons (Fsp3) is 0.188. The van der Waals surface area contributed by atoms with Crippen LogP contribution >= 0.6 is 0 Å². The molecule has 0 aliphatic heterocycles. The van der Waals surface area contributed by atoms with Crippen LogP contribution in [0.15, 0.2) is 48.5 Å². The predicted octanol–water partition coefficient (Wildman–Crippen LogP) is 3.65. The first-order chi connectivity index (χ1) is 10.9. The predicted molar refractivity (Wildman–Crippen MR) is 75.7 cm³/mol. The summed E-state index contributed by atoms with van der Waals surface area (Å²) >= 11 is 0. The van der Waals surface area contributed by atoms with Crippen molar-refractivity contribution >= 4 is 5.91 Å². The molecule has 0 atom stereocenters. The van der Waals surface area contributed by atoms with Crippen LogP contribution in [0.2, 0.25) is 0 Å². The maximum Gasteiger partial charge on any atom is 0.416 e. The average Bonchev–Trinajstić information content (AvgIpc) is 2.52. The second-order valence-electron chi connectivity index (χ2n) is 4.61. The lowest BCUT2D eigenvalue weighted by Crippen LogP contribution is -2.28. The summed E-state index contributed by atoms with van der Waals surface area (Å²) in [5.74, 6) is -1.15. The van der Waals surface area contributed by atoms with Gasteiger partial charge in [0.25, 0.3) is 5.91 Å². The topological polar surface area (TPSA) is 38.3 Å². The normalized spacial score (nSPS) is 11.1. The first kappa shape index (κ1) is 16.8. The zero-order valence-electron chi connectivity index (χ0n) is 11.9. The van der Waals surface area contributed by atoms with Gasteiger partial charge in [-0.15, -0.1) is 0 Å². The fourth-order valence-electron chi connectivity index (χ4n) is 1.83. The number of para-hydroxylation sites is 1. The van der Waals surface area contributed by atoms with Gasteiger partial charge < -0.3 is 10.1 Å². The molecule has 0 unspecified atom stereocenters. The first-order valence-electron chi connectivity index (χ1n) is 6.71. The summed E-state index contributed by atoms with van der Waals surface area (Å²) in [4.78, 5) is 11.8. The number of carbonyl (C=O) groups excluding carboxylic acids is 1. The highest BCUT2D eigenvalue weighted by atomic mass is 19.4. The van der Waals surface area contributed by atoms with E-state index < -0.39 is 23.5 Å². The Bertz CT molecular complexity index is 686. The van der Waals surface area contributed by atoms with E-state index in [1.807, 2.05) is 0 Å². The third kappa shape index (κ3) is 4.70. The number of ether oxygens (including phenoxy) is 1. The van der Waals surface area contributed by atoms with Crippen molar-refractivity contribution in [2.24, 2.45) is 0 Å². The van der Waals surface area contributed by atoms with Crippen LogP contribution in [-0.4, -0.2) is 19.1 Å². The molecule has 2 rings (SSSR count). The smallest absolute Gasteiger partial charge is 0.416 e. The highest BCUT2D eigenvalue weighted by Gasteiger charge is 2.30. The van der Waals surface area contributed by atoms with Crippen molar-refractivity contribution in [3.05, 3.63) is 65.5 Å².